The Morgan fingerprint density at radius 1 is 1.24 bits per heavy atom. The molecule has 0 saturated heterocycles. The van der Waals surface area contributed by atoms with Crippen molar-refractivity contribution in [1.82, 2.24) is 9.97 Å². The van der Waals surface area contributed by atoms with Crippen molar-refractivity contribution in [1.29, 1.82) is 0 Å². The zero-order valence-corrected chi connectivity index (χ0v) is 13.2. The van der Waals surface area contributed by atoms with Gasteiger partial charge in [0.2, 0.25) is 5.91 Å². The summed E-state index contributed by atoms with van der Waals surface area (Å²) in [4.78, 5) is 30.6. The average molecular weight is 339 g/mol. The fourth-order valence-electron chi connectivity index (χ4n) is 2.57. The smallest absolute Gasteiger partial charge is 0.253 e. The number of aliphatic hydroxyl groups excluding tert-OH is 1. The lowest BCUT2D eigenvalue weighted by Gasteiger charge is -2.13. The second kappa shape index (κ2) is 6.62. The monoisotopic (exact) mass is 339 g/mol. The molecule has 0 fully saturated rings. The third kappa shape index (κ3) is 3.59. The molecular formula is C17H17N5O3. The molecule has 0 spiro atoms. The summed E-state index contributed by atoms with van der Waals surface area (Å²) in [6.45, 7) is 0. The SMILES string of the molecule is NC(=O)c1ccccc1CC(O)C(=O)Nc1ccc2nc(N)[nH]c2c1. The highest BCUT2D eigenvalue weighted by Gasteiger charge is 2.19. The quantitative estimate of drug-likeness (QED) is 0.466. The first-order chi connectivity index (χ1) is 11.9. The van der Waals surface area contributed by atoms with E-state index in [0.717, 1.165) is 0 Å². The van der Waals surface area contributed by atoms with Gasteiger partial charge < -0.3 is 26.9 Å². The molecule has 3 rings (SSSR count). The molecule has 1 atom stereocenters. The molecule has 1 aromatic heterocycles. The van der Waals surface area contributed by atoms with E-state index >= 15 is 0 Å². The predicted octanol–water partition coefficient (Wildman–Crippen LogP) is 0.786. The number of fused-ring (bicyclic) bond motifs is 1. The second-order valence-corrected chi connectivity index (χ2v) is 5.58. The summed E-state index contributed by atoms with van der Waals surface area (Å²) >= 11 is 0. The molecule has 0 saturated carbocycles. The molecule has 7 N–H and O–H groups in total. The number of nitrogens with zero attached hydrogens (tertiary/aromatic N) is 1. The van der Waals surface area contributed by atoms with Crippen molar-refractivity contribution in [2.75, 3.05) is 11.1 Å². The van der Waals surface area contributed by atoms with Gasteiger partial charge in [-0.05, 0) is 29.8 Å². The molecule has 2 aromatic carbocycles. The molecule has 8 heteroatoms. The van der Waals surface area contributed by atoms with Crippen LogP contribution in [0.5, 0.6) is 0 Å². The molecule has 0 aliphatic carbocycles. The zero-order valence-electron chi connectivity index (χ0n) is 13.2. The summed E-state index contributed by atoms with van der Waals surface area (Å²) in [5, 5.41) is 12.8. The van der Waals surface area contributed by atoms with Crippen LogP contribution in [0.2, 0.25) is 0 Å². The van der Waals surface area contributed by atoms with Gasteiger partial charge in [-0.3, -0.25) is 9.59 Å². The number of aromatic amines is 1. The number of carbonyl (C=O) groups excluding carboxylic acids is 2. The van der Waals surface area contributed by atoms with Crippen LogP contribution >= 0.6 is 0 Å². The normalized spacial score (nSPS) is 12.0. The highest BCUT2D eigenvalue weighted by Crippen LogP contribution is 2.18. The van der Waals surface area contributed by atoms with Gasteiger partial charge in [0, 0.05) is 17.7 Å². The third-order valence-corrected chi connectivity index (χ3v) is 3.77. The van der Waals surface area contributed by atoms with Crippen molar-refractivity contribution < 1.29 is 14.7 Å². The van der Waals surface area contributed by atoms with Crippen LogP contribution in [0, 0.1) is 0 Å². The van der Waals surface area contributed by atoms with Crippen LogP contribution < -0.4 is 16.8 Å². The number of anilines is 2. The second-order valence-electron chi connectivity index (χ2n) is 5.58. The Labute approximate surface area is 142 Å². The summed E-state index contributed by atoms with van der Waals surface area (Å²) < 4.78 is 0. The minimum Gasteiger partial charge on any atom is -0.383 e. The number of nitrogens with two attached hydrogens (primary N) is 2. The van der Waals surface area contributed by atoms with Crippen molar-refractivity contribution in [3.8, 4) is 0 Å². The highest BCUT2D eigenvalue weighted by molar-refractivity contribution is 5.97. The lowest BCUT2D eigenvalue weighted by molar-refractivity contribution is -0.123. The third-order valence-electron chi connectivity index (χ3n) is 3.77. The maximum atomic E-state index is 12.2. The lowest BCUT2D eigenvalue weighted by Crippen LogP contribution is -2.30. The topological polar surface area (TPSA) is 147 Å². The van der Waals surface area contributed by atoms with E-state index in [2.05, 4.69) is 15.3 Å². The first kappa shape index (κ1) is 16.5. The van der Waals surface area contributed by atoms with E-state index in [-0.39, 0.29) is 17.9 Å². The van der Waals surface area contributed by atoms with Crippen molar-refractivity contribution in [2.45, 2.75) is 12.5 Å². The van der Waals surface area contributed by atoms with Gasteiger partial charge in [-0.25, -0.2) is 4.98 Å². The minimum atomic E-state index is -1.33. The average Bonchev–Trinajstić information content (AvgIpc) is 2.94. The zero-order chi connectivity index (χ0) is 18.0. The van der Waals surface area contributed by atoms with Gasteiger partial charge >= 0.3 is 0 Å². The van der Waals surface area contributed by atoms with Gasteiger partial charge in [0.05, 0.1) is 11.0 Å². The number of imidazole rings is 1. The number of aromatic nitrogens is 2. The fourth-order valence-corrected chi connectivity index (χ4v) is 2.57. The molecule has 0 radical (unpaired) electrons. The Kier molecular flexibility index (Phi) is 4.36. The number of rotatable bonds is 5. The van der Waals surface area contributed by atoms with Crippen LogP contribution in [0.1, 0.15) is 15.9 Å². The number of hydrogen-bond acceptors (Lipinski definition) is 5. The number of nitrogens with one attached hydrogen (secondary N) is 2. The standard InChI is InChI=1S/C17H17N5O3/c18-15(24)11-4-2-1-3-9(11)7-14(23)16(25)20-10-5-6-12-13(8-10)22-17(19)21-12/h1-6,8,14,23H,7H2,(H2,18,24)(H,20,25)(H3,19,21,22). The van der Waals surface area contributed by atoms with E-state index < -0.39 is 17.9 Å². The lowest BCUT2D eigenvalue weighted by atomic mass is 10.0. The van der Waals surface area contributed by atoms with Gasteiger partial charge in [-0.15, -0.1) is 0 Å². The predicted molar refractivity (Wildman–Crippen MR) is 93.8 cm³/mol. The fraction of sp³-hybridized carbons (Fsp3) is 0.118. The number of carbonyl (C=O) groups is 2. The molecule has 2 amide bonds. The molecule has 8 nitrogen and oxygen atoms in total. The summed E-state index contributed by atoms with van der Waals surface area (Å²) in [5.74, 6) is -0.918. The molecule has 0 bridgehead atoms. The summed E-state index contributed by atoms with van der Waals surface area (Å²) in [6, 6.07) is 11.6. The van der Waals surface area contributed by atoms with E-state index in [1.807, 2.05) is 0 Å². The summed E-state index contributed by atoms with van der Waals surface area (Å²) in [7, 11) is 0. The minimum absolute atomic E-state index is 0.0236. The van der Waals surface area contributed by atoms with Crippen molar-refractivity contribution in [3.63, 3.8) is 0 Å². The largest absolute Gasteiger partial charge is 0.383 e. The van der Waals surface area contributed by atoms with Gasteiger partial charge in [0.25, 0.3) is 5.91 Å². The number of aliphatic hydroxyl groups is 1. The maximum Gasteiger partial charge on any atom is 0.253 e. The van der Waals surface area contributed by atoms with E-state index in [0.29, 0.717) is 22.3 Å². The highest BCUT2D eigenvalue weighted by atomic mass is 16.3. The van der Waals surface area contributed by atoms with Crippen LogP contribution in [0.3, 0.4) is 0 Å². The van der Waals surface area contributed by atoms with Crippen molar-refractivity contribution in [3.05, 3.63) is 53.6 Å². The number of primary amides is 1. The molecule has 0 aliphatic rings. The molecule has 0 aliphatic heterocycles. The molecule has 128 valence electrons. The van der Waals surface area contributed by atoms with Crippen LogP contribution in [-0.2, 0) is 11.2 Å². The van der Waals surface area contributed by atoms with Crippen LogP contribution in [0.4, 0.5) is 11.6 Å². The van der Waals surface area contributed by atoms with Crippen molar-refractivity contribution in [2.24, 2.45) is 5.73 Å². The number of H-pyrrole nitrogens is 1. The van der Waals surface area contributed by atoms with Crippen molar-refractivity contribution >= 4 is 34.5 Å². The molecule has 1 heterocycles. The first-order valence-corrected chi connectivity index (χ1v) is 7.56. The van der Waals surface area contributed by atoms with Gasteiger partial charge in [0.1, 0.15) is 6.10 Å². The Morgan fingerprint density at radius 3 is 2.76 bits per heavy atom. The van der Waals surface area contributed by atoms with E-state index in [1.54, 1.807) is 42.5 Å². The first-order valence-electron chi connectivity index (χ1n) is 7.56. The Morgan fingerprint density at radius 2 is 2.00 bits per heavy atom. The van der Waals surface area contributed by atoms with E-state index in [9.17, 15) is 14.7 Å². The van der Waals surface area contributed by atoms with E-state index in [4.69, 9.17) is 11.5 Å². The molecule has 3 aromatic rings. The van der Waals surface area contributed by atoms with Gasteiger partial charge in [-0.2, -0.15) is 0 Å². The summed E-state index contributed by atoms with van der Waals surface area (Å²) in [5.41, 5.74) is 13.5. The molecular weight excluding hydrogens is 322 g/mol. The molecule has 25 heavy (non-hydrogen) atoms. The van der Waals surface area contributed by atoms with Crippen LogP contribution in [0.15, 0.2) is 42.5 Å². The van der Waals surface area contributed by atoms with Gasteiger partial charge in [0.15, 0.2) is 5.95 Å². The van der Waals surface area contributed by atoms with Gasteiger partial charge in [-0.1, -0.05) is 18.2 Å². The number of nitrogen functional groups attached to an aromatic ring is 1. The number of hydrogen-bond donors (Lipinski definition) is 5. The van der Waals surface area contributed by atoms with Crippen LogP contribution in [-0.4, -0.2) is 33.0 Å². The maximum absolute atomic E-state index is 12.2. The Balaban J connectivity index is 1.72. The molecule has 1 unspecified atom stereocenters. The number of benzene rings is 2. The Hall–Kier alpha value is -3.39. The van der Waals surface area contributed by atoms with E-state index in [1.165, 1.54) is 0 Å². The summed E-state index contributed by atoms with van der Waals surface area (Å²) in [6.07, 6.45) is -1.35. The Bertz CT molecular complexity index is 950. The number of amides is 2. The van der Waals surface area contributed by atoms with Crippen LogP contribution in [0.25, 0.3) is 11.0 Å².